The van der Waals surface area contributed by atoms with Gasteiger partial charge in [-0.25, -0.2) is 14.1 Å². The molecule has 1 saturated heterocycles. The van der Waals surface area contributed by atoms with E-state index in [0.717, 1.165) is 17.0 Å². The van der Waals surface area contributed by atoms with Crippen LogP contribution in [0.3, 0.4) is 0 Å². The molecular formula is C26H18ClFIN3O6. The lowest BCUT2D eigenvalue weighted by Gasteiger charge is -2.26. The minimum atomic E-state index is -0.948. The lowest BCUT2D eigenvalue weighted by molar-refractivity contribution is -0.122. The van der Waals surface area contributed by atoms with E-state index in [9.17, 15) is 23.6 Å². The summed E-state index contributed by atoms with van der Waals surface area (Å²) in [4.78, 5) is 50.9. The van der Waals surface area contributed by atoms with Crippen molar-refractivity contribution in [3.05, 3.63) is 86.2 Å². The Morgan fingerprint density at radius 1 is 1.11 bits per heavy atom. The number of nitrogens with one attached hydrogen (secondary N) is 2. The van der Waals surface area contributed by atoms with Gasteiger partial charge < -0.3 is 14.8 Å². The predicted molar refractivity (Wildman–Crippen MR) is 147 cm³/mol. The first-order valence-electron chi connectivity index (χ1n) is 10.9. The van der Waals surface area contributed by atoms with Gasteiger partial charge >= 0.3 is 6.03 Å². The number of hydrogen-bond donors (Lipinski definition) is 2. The van der Waals surface area contributed by atoms with E-state index in [0.29, 0.717) is 19.8 Å². The van der Waals surface area contributed by atoms with E-state index in [-0.39, 0.29) is 29.4 Å². The van der Waals surface area contributed by atoms with Crippen LogP contribution in [-0.4, -0.2) is 37.5 Å². The Morgan fingerprint density at radius 3 is 2.45 bits per heavy atom. The minimum absolute atomic E-state index is 0.0973. The molecule has 5 amide bonds. The third-order valence-corrected chi connectivity index (χ3v) is 6.28. The van der Waals surface area contributed by atoms with Crippen molar-refractivity contribution in [3.8, 4) is 11.5 Å². The minimum Gasteiger partial charge on any atom is -0.493 e. The Labute approximate surface area is 234 Å². The summed E-state index contributed by atoms with van der Waals surface area (Å²) in [7, 11) is 1.40. The van der Waals surface area contributed by atoms with Gasteiger partial charge in [-0.2, -0.15) is 0 Å². The third-order valence-electron chi connectivity index (χ3n) is 5.22. The van der Waals surface area contributed by atoms with Crippen LogP contribution in [0.5, 0.6) is 11.5 Å². The lowest BCUT2D eigenvalue weighted by Crippen LogP contribution is -2.54. The highest BCUT2D eigenvalue weighted by Gasteiger charge is 2.36. The second kappa shape index (κ2) is 11.6. The molecule has 12 heteroatoms. The summed E-state index contributed by atoms with van der Waals surface area (Å²) in [6.07, 6.45) is 1.29. The number of benzene rings is 3. The molecule has 0 aliphatic carbocycles. The van der Waals surface area contributed by atoms with Crippen molar-refractivity contribution >= 4 is 75.4 Å². The molecule has 1 aliphatic heterocycles. The second-order valence-electron chi connectivity index (χ2n) is 7.81. The molecule has 0 atom stereocenters. The molecule has 2 N–H and O–H groups in total. The Balaban J connectivity index is 1.55. The van der Waals surface area contributed by atoms with Crippen LogP contribution in [-0.2, 0) is 14.4 Å². The van der Waals surface area contributed by atoms with Crippen LogP contribution in [0.15, 0.2) is 66.2 Å². The first kappa shape index (κ1) is 27.1. The molecule has 0 aromatic heterocycles. The number of amides is 5. The summed E-state index contributed by atoms with van der Waals surface area (Å²) in [5.74, 6) is -2.18. The van der Waals surface area contributed by atoms with Crippen LogP contribution in [0.4, 0.5) is 20.6 Å². The van der Waals surface area contributed by atoms with E-state index >= 15 is 0 Å². The van der Waals surface area contributed by atoms with Crippen molar-refractivity contribution in [3.63, 3.8) is 0 Å². The molecule has 1 fully saturated rings. The van der Waals surface area contributed by atoms with Gasteiger partial charge in [-0.3, -0.25) is 19.7 Å². The highest BCUT2D eigenvalue weighted by Crippen LogP contribution is 2.35. The van der Waals surface area contributed by atoms with Gasteiger partial charge in [0.2, 0.25) is 0 Å². The summed E-state index contributed by atoms with van der Waals surface area (Å²) < 4.78 is 24.9. The van der Waals surface area contributed by atoms with Crippen LogP contribution in [0, 0.1) is 9.39 Å². The highest BCUT2D eigenvalue weighted by molar-refractivity contribution is 14.1. The number of nitrogens with zero attached hydrogens (tertiary/aromatic N) is 1. The number of carbonyl (C=O) groups is 4. The maximum Gasteiger partial charge on any atom is 0.335 e. The fraction of sp³-hybridized carbons (Fsp3) is 0.0769. The van der Waals surface area contributed by atoms with Crippen molar-refractivity contribution < 1.29 is 33.0 Å². The number of hydrogen-bond acceptors (Lipinski definition) is 6. The summed E-state index contributed by atoms with van der Waals surface area (Å²) >= 11 is 7.82. The van der Waals surface area contributed by atoms with Gasteiger partial charge in [-0.15, -0.1) is 0 Å². The quantitative estimate of drug-likeness (QED) is 0.217. The van der Waals surface area contributed by atoms with Crippen molar-refractivity contribution in [2.45, 2.75) is 0 Å². The molecular weight excluding hydrogens is 632 g/mol. The molecule has 0 saturated carbocycles. The number of carbonyl (C=O) groups excluding carboxylic acids is 4. The molecule has 4 rings (SSSR count). The van der Waals surface area contributed by atoms with Crippen LogP contribution >= 0.6 is 34.2 Å². The fourth-order valence-electron chi connectivity index (χ4n) is 3.48. The predicted octanol–water partition coefficient (Wildman–Crippen LogP) is 4.78. The first-order valence-corrected chi connectivity index (χ1v) is 12.3. The zero-order chi connectivity index (χ0) is 27.4. The molecule has 1 heterocycles. The van der Waals surface area contributed by atoms with Crippen LogP contribution < -0.4 is 25.0 Å². The molecule has 194 valence electrons. The zero-order valence-electron chi connectivity index (χ0n) is 19.6. The fourth-order valence-corrected chi connectivity index (χ4v) is 4.39. The Morgan fingerprint density at radius 2 is 1.79 bits per heavy atom. The summed E-state index contributed by atoms with van der Waals surface area (Å²) in [6.45, 7) is -0.314. The smallest absolute Gasteiger partial charge is 0.335 e. The number of halogens is 3. The highest BCUT2D eigenvalue weighted by atomic mass is 127. The molecule has 1 aliphatic rings. The van der Waals surface area contributed by atoms with Gasteiger partial charge in [0.05, 0.1) is 16.4 Å². The molecule has 38 heavy (non-hydrogen) atoms. The van der Waals surface area contributed by atoms with Gasteiger partial charge in [-0.05, 0) is 94.9 Å². The number of imide groups is 2. The first-order chi connectivity index (χ1) is 18.2. The Kier molecular flexibility index (Phi) is 8.27. The van der Waals surface area contributed by atoms with Crippen molar-refractivity contribution in [2.75, 3.05) is 23.9 Å². The molecule has 0 radical (unpaired) electrons. The van der Waals surface area contributed by atoms with E-state index in [1.807, 2.05) is 22.6 Å². The topological polar surface area (TPSA) is 114 Å². The van der Waals surface area contributed by atoms with Crippen LogP contribution in [0.2, 0.25) is 5.02 Å². The number of barbiturate groups is 1. The van der Waals surface area contributed by atoms with Gasteiger partial charge in [0.25, 0.3) is 17.7 Å². The van der Waals surface area contributed by atoms with Crippen LogP contribution in [0.25, 0.3) is 6.08 Å². The number of urea groups is 1. The Bertz CT molecular complexity index is 1460. The average Bonchev–Trinajstić information content (AvgIpc) is 2.88. The Hall–Kier alpha value is -3.97. The molecule has 0 bridgehead atoms. The van der Waals surface area contributed by atoms with E-state index in [4.69, 9.17) is 21.1 Å². The molecule has 3 aromatic rings. The van der Waals surface area contributed by atoms with E-state index < -0.39 is 29.6 Å². The van der Waals surface area contributed by atoms with Crippen molar-refractivity contribution in [1.82, 2.24) is 5.32 Å². The summed E-state index contributed by atoms with van der Waals surface area (Å²) in [6, 6.07) is 13.5. The van der Waals surface area contributed by atoms with Gasteiger partial charge in [0.15, 0.2) is 18.1 Å². The maximum absolute atomic E-state index is 13.3. The van der Waals surface area contributed by atoms with Gasteiger partial charge in [0.1, 0.15) is 11.4 Å². The summed E-state index contributed by atoms with van der Waals surface area (Å²) in [5.41, 5.74) is 0.731. The third kappa shape index (κ3) is 6.11. The van der Waals surface area contributed by atoms with E-state index in [1.165, 1.54) is 31.4 Å². The van der Waals surface area contributed by atoms with Crippen molar-refractivity contribution in [1.29, 1.82) is 0 Å². The zero-order valence-corrected chi connectivity index (χ0v) is 22.5. The largest absolute Gasteiger partial charge is 0.493 e. The SMILES string of the molecule is COc1cc(/C=C2\C(=O)NC(=O)N(c3ccc(F)cc3)C2=O)cc(I)c1OCC(=O)Nc1ccc(Cl)cc1. The number of ether oxygens (including phenoxy) is 2. The van der Waals surface area contributed by atoms with Gasteiger partial charge in [0, 0.05) is 10.7 Å². The number of rotatable bonds is 7. The molecule has 3 aromatic carbocycles. The standard InChI is InChI=1S/C26H18ClFIN3O6/c1-37-21-12-14(11-20(29)23(21)38-13-22(33)30-17-6-2-15(27)3-7-17)10-19-24(34)31-26(36)32(25(19)35)18-8-4-16(28)5-9-18/h2-12H,13H2,1H3,(H,30,33)(H,31,34,36)/b19-10+. The molecule has 0 spiro atoms. The molecule has 9 nitrogen and oxygen atoms in total. The van der Waals surface area contributed by atoms with E-state index in [1.54, 1.807) is 30.3 Å². The number of anilines is 2. The number of methoxy groups -OCH3 is 1. The van der Waals surface area contributed by atoms with Crippen LogP contribution in [0.1, 0.15) is 5.56 Å². The van der Waals surface area contributed by atoms with Crippen molar-refractivity contribution in [2.24, 2.45) is 0 Å². The normalized spacial score (nSPS) is 14.4. The van der Waals surface area contributed by atoms with E-state index in [2.05, 4.69) is 10.6 Å². The summed E-state index contributed by atoms with van der Waals surface area (Å²) in [5, 5.41) is 5.33. The monoisotopic (exact) mass is 649 g/mol. The second-order valence-corrected chi connectivity index (χ2v) is 9.41. The average molecular weight is 650 g/mol. The maximum atomic E-state index is 13.3. The molecule has 0 unspecified atom stereocenters. The lowest BCUT2D eigenvalue weighted by atomic mass is 10.1. The van der Waals surface area contributed by atoms with Gasteiger partial charge in [-0.1, -0.05) is 11.6 Å².